The first-order valence-corrected chi connectivity index (χ1v) is 7.68. The lowest BCUT2D eigenvalue weighted by Crippen LogP contribution is -2.21. The standard InChI is InChI=1S/C18H12ClFN2O3/c19-16-9-14(13-6-1-2-7-15(13)22-16)18(24)25-10-17(23)21-12-5-3-4-11(20)8-12/h1-9H,10H2,(H,21,23). The lowest BCUT2D eigenvalue weighted by atomic mass is 10.1. The number of carbonyl (C=O) groups is 2. The van der Waals surface area contributed by atoms with Crippen molar-refractivity contribution in [2.75, 3.05) is 11.9 Å². The van der Waals surface area contributed by atoms with E-state index in [1.54, 1.807) is 24.3 Å². The summed E-state index contributed by atoms with van der Waals surface area (Å²) in [6, 6.07) is 13.7. The second-order valence-corrected chi connectivity index (χ2v) is 5.53. The molecule has 0 radical (unpaired) electrons. The Labute approximate surface area is 147 Å². The number of fused-ring (bicyclic) bond motifs is 1. The van der Waals surface area contributed by atoms with Gasteiger partial charge in [-0.05, 0) is 30.3 Å². The third-order valence-electron chi connectivity index (χ3n) is 3.35. The number of nitrogens with one attached hydrogen (secondary N) is 1. The van der Waals surface area contributed by atoms with Crippen molar-refractivity contribution in [2.24, 2.45) is 0 Å². The summed E-state index contributed by atoms with van der Waals surface area (Å²) in [4.78, 5) is 28.2. The number of pyridine rings is 1. The third kappa shape index (κ3) is 4.10. The molecule has 0 saturated carbocycles. The molecule has 0 spiro atoms. The Bertz CT molecular complexity index is 962. The van der Waals surface area contributed by atoms with Crippen LogP contribution in [0.15, 0.2) is 54.6 Å². The van der Waals surface area contributed by atoms with E-state index in [1.165, 1.54) is 24.3 Å². The lowest BCUT2D eigenvalue weighted by molar-refractivity contribution is -0.119. The number of nitrogens with zero attached hydrogens (tertiary/aromatic N) is 1. The van der Waals surface area contributed by atoms with E-state index in [9.17, 15) is 14.0 Å². The minimum atomic E-state index is -0.699. The minimum Gasteiger partial charge on any atom is -0.452 e. The first kappa shape index (κ1) is 16.9. The van der Waals surface area contributed by atoms with Gasteiger partial charge in [0.25, 0.3) is 5.91 Å². The van der Waals surface area contributed by atoms with Gasteiger partial charge in [0.1, 0.15) is 11.0 Å². The molecule has 0 aliphatic carbocycles. The van der Waals surface area contributed by atoms with Crippen LogP contribution < -0.4 is 5.32 Å². The van der Waals surface area contributed by atoms with E-state index in [2.05, 4.69) is 10.3 Å². The smallest absolute Gasteiger partial charge is 0.339 e. The topological polar surface area (TPSA) is 68.3 Å². The number of esters is 1. The SMILES string of the molecule is O=C(COC(=O)c1cc(Cl)nc2ccccc12)Nc1cccc(F)c1. The largest absolute Gasteiger partial charge is 0.452 e. The normalized spacial score (nSPS) is 10.5. The first-order chi connectivity index (χ1) is 12.0. The van der Waals surface area contributed by atoms with Gasteiger partial charge in [-0.3, -0.25) is 4.79 Å². The van der Waals surface area contributed by atoms with Gasteiger partial charge in [0, 0.05) is 11.1 Å². The zero-order chi connectivity index (χ0) is 17.8. The highest BCUT2D eigenvalue weighted by atomic mass is 35.5. The van der Waals surface area contributed by atoms with Crippen molar-refractivity contribution in [1.29, 1.82) is 0 Å². The van der Waals surface area contributed by atoms with E-state index in [-0.39, 0.29) is 16.4 Å². The molecule has 0 unspecified atom stereocenters. The number of para-hydroxylation sites is 1. The van der Waals surface area contributed by atoms with Crippen molar-refractivity contribution in [1.82, 2.24) is 4.98 Å². The fourth-order valence-electron chi connectivity index (χ4n) is 2.28. The average Bonchev–Trinajstić information content (AvgIpc) is 2.59. The molecule has 0 atom stereocenters. The van der Waals surface area contributed by atoms with Gasteiger partial charge in [0.2, 0.25) is 0 Å². The van der Waals surface area contributed by atoms with Crippen molar-refractivity contribution in [2.45, 2.75) is 0 Å². The van der Waals surface area contributed by atoms with Gasteiger partial charge in [-0.25, -0.2) is 14.2 Å². The molecule has 0 fully saturated rings. The fourth-order valence-corrected chi connectivity index (χ4v) is 2.48. The summed E-state index contributed by atoms with van der Waals surface area (Å²) in [5.74, 6) is -1.76. The summed E-state index contributed by atoms with van der Waals surface area (Å²) in [6.45, 7) is -0.510. The van der Waals surface area contributed by atoms with Crippen molar-refractivity contribution in [3.8, 4) is 0 Å². The molecule has 3 rings (SSSR count). The van der Waals surface area contributed by atoms with Crippen LogP contribution in [0.2, 0.25) is 5.15 Å². The Morgan fingerprint density at radius 3 is 2.72 bits per heavy atom. The Kier molecular flexibility index (Phi) is 4.90. The molecule has 0 saturated heterocycles. The molecule has 1 heterocycles. The second-order valence-electron chi connectivity index (χ2n) is 5.14. The minimum absolute atomic E-state index is 0.148. The predicted octanol–water partition coefficient (Wildman–Crippen LogP) is 3.82. The molecule has 1 amide bonds. The number of aromatic nitrogens is 1. The zero-order valence-electron chi connectivity index (χ0n) is 12.8. The van der Waals surface area contributed by atoms with Crippen LogP contribution in [0.25, 0.3) is 10.9 Å². The van der Waals surface area contributed by atoms with E-state index in [0.29, 0.717) is 10.9 Å². The summed E-state index contributed by atoms with van der Waals surface area (Å²) < 4.78 is 18.1. The molecule has 1 aromatic heterocycles. The van der Waals surface area contributed by atoms with Crippen molar-refractivity contribution < 1.29 is 18.7 Å². The van der Waals surface area contributed by atoms with Crippen LogP contribution in [-0.4, -0.2) is 23.5 Å². The van der Waals surface area contributed by atoms with Crippen LogP contribution in [0.5, 0.6) is 0 Å². The summed E-state index contributed by atoms with van der Waals surface area (Å²) in [6.07, 6.45) is 0. The molecular weight excluding hydrogens is 347 g/mol. The number of ether oxygens (including phenoxy) is 1. The van der Waals surface area contributed by atoms with E-state index < -0.39 is 24.3 Å². The Balaban J connectivity index is 1.70. The number of carbonyl (C=O) groups excluding carboxylic acids is 2. The molecule has 2 aromatic carbocycles. The van der Waals surface area contributed by atoms with Gasteiger partial charge in [0.05, 0.1) is 11.1 Å². The summed E-state index contributed by atoms with van der Waals surface area (Å²) in [5, 5.41) is 3.16. The molecule has 0 bridgehead atoms. The van der Waals surface area contributed by atoms with Crippen LogP contribution >= 0.6 is 11.6 Å². The number of benzene rings is 2. The molecule has 0 aliphatic rings. The fraction of sp³-hybridized carbons (Fsp3) is 0.0556. The summed E-state index contributed by atoms with van der Waals surface area (Å²) in [5.41, 5.74) is 1.04. The highest BCUT2D eigenvalue weighted by Crippen LogP contribution is 2.21. The maximum absolute atomic E-state index is 13.1. The second kappa shape index (κ2) is 7.27. The number of halogens is 2. The van der Waals surface area contributed by atoms with E-state index in [1.807, 2.05) is 0 Å². The van der Waals surface area contributed by atoms with Crippen molar-refractivity contribution in [3.63, 3.8) is 0 Å². The number of hydrogen-bond acceptors (Lipinski definition) is 4. The quantitative estimate of drug-likeness (QED) is 0.568. The number of amides is 1. The highest BCUT2D eigenvalue weighted by Gasteiger charge is 2.15. The molecule has 1 N–H and O–H groups in total. The Hall–Kier alpha value is -2.99. The molecular formula is C18H12ClFN2O3. The maximum atomic E-state index is 13.1. The highest BCUT2D eigenvalue weighted by molar-refractivity contribution is 6.30. The van der Waals surface area contributed by atoms with Crippen LogP contribution in [-0.2, 0) is 9.53 Å². The molecule has 126 valence electrons. The van der Waals surface area contributed by atoms with Crippen molar-refractivity contribution >= 4 is 40.1 Å². The average molecular weight is 359 g/mol. The lowest BCUT2D eigenvalue weighted by Gasteiger charge is -2.08. The monoisotopic (exact) mass is 358 g/mol. The molecule has 5 nitrogen and oxygen atoms in total. The van der Waals surface area contributed by atoms with Gasteiger partial charge in [-0.2, -0.15) is 0 Å². The van der Waals surface area contributed by atoms with Crippen LogP contribution in [0, 0.1) is 5.82 Å². The molecule has 0 aliphatic heterocycles. The van der Waals surface area contributed by atoms with E-state index in [0.717, 1.165) is 6.07 Å². The first-order valence-electron chi connectivity index (χ1n) is 7.31. The van der Waals surface area contributed by atoms with Gasteiger partial charge in [0.15, 0.2) is 6.61 Å². The van der Waals surface area contributed by atoms with Gasteiger partial charge < -0.3 is 10.1 Å². The Morgan fingerprint density at radius 2 is 1.92 bits per heavy atom. The van der Waals surface area contributed by atoms with Crippen LogP contribution in [0.1, 0.15) is 10.4 Å². The molecule has 3 aromatic rings. The van der Waals surface area contributed by atoms with Gasteiger partial charge in [-0.1, -0.05) is 35.9 Å². The maximum Gasteiger partial charge on any atom is 0.339 e. The van der Waals surface area contributed by atoms with Gasteiger partial charge >= 0.3 is 5.97 Å². The van der Waals surface area contributed by atoms with E-state index in [4.69, 9.17) is 16.3 Å². The molecule has 25 heavy (non-hydrogen) atoms. The molecule has 7 heteroatoms. The van der Waals surface area contributed by atoms with Crippen LogP contribution in [0.4, 0.5) is 10.1 Å². The third-order valence-corrected chi connectivity index (χ3v) is 3.54. The predicted molar refractivity (Wildman–Crippen MR) is 92.1 cm³/mol. The van der Waals surface area contributed by atoms with Crippen LogP contribution in [0.3, 0.4) is 0 Å². The number of anilines is 1. The summed E-state index contributed by atoms with van der Waals surface area (Å²) >= 11 is 5.92. The van der Waals surface area contributed by atoms with E-state index >= 15 is 0 Å². The zero-order valence-corrected chi connectivity index (χ0v) is 13.6. The number of rotatable bonds is 4. The Morgan fingerprint density at radius 1 is 1.12 bits per heavy atom. The van der Waals surface area contributed by atoms with Gasteiger partial charge in [-0.15, -0.1) is 0 Å². The van der Waals surface area contributed by atoms with Crippen molar-refractivity contribution in [3.05, 3.63) is 71.1 Å². The number of hydrogen-bond donors (Lipinski definition) is 1. The summed E-state index contributed by atoms with van der Waals surface area (Å²) in [7, 11) is 0.